The van der Waals surface area contributed by atoms with Crippen LogP contribution in [-0.4, -0.2) is 18.3 Å². The van der Waals surface area contributed by atoms with Crippen molar-refractivity contribution in [3.05, 3.63) is 42.5 Å². The Morgan fingerprint density at radius 3 is 2.53 bits per heavy atom. The third-order valence-corrected chi connectivity index (χ3v) is 3.18. The molecule has 0 bridgehead atoms. The number of hydrogen-bond acceptors (Lipinski definition) is 3. The number of esters is 1. The molecule has 0 heterocycles. The maximum atomic E-state index is 11.2. The van der Waals surface area contributed by atoms with Crippen molar-refractivity contribution in [3.8, 4) is 0 Å². The monoisotopic (exact) mass is 222 g/mol. The molecular weight excluding hydrogens is 208 g/mol. The van der Waals surface area contributed by atoms with Gasteiger partial charge in [-0.25, -0.2) is 4.79 Å². The van der Waals surface area contributed by atoms with E-state index >= 15 is 0 Å². The highest BCUT2D eigenvalue weighted by Crippen LogP contribution is 2.26. The lowest BCUT2D eigenvalue weighted by Gasteiger charge is -2.12. The van der Waals surface area contributed by atoms with Gasteiger partial charge in [-0.05, 0) is 19.1 Å². The summed E-state index contributed by atoms with van der Waals surface area (Å²) in [6, 6.07) is 9.91. The second kappa shape index (κ2) is 5.61. The Morgan fingerprint density at radius 1 is 1.40 bits per heavy atom. The van der Waals surface area contributed by atoms with E-state index in [0.717, 1.165) is 4.90 Å². The Hall–Kier alpha value is -1.22. The molecule has 1 rings (SSSR count). The fourth-order valence-corrected chi connectivity index (χ4v) is 2.03. The van der Waals surface area contributed by atoms with Crippen LogP contribution in [0, 0.1) is 0 Å². The predicted molar refractivity (Wildman–Crippen MR) is 62.9 cm³/mol. The van der Waals surface area contributed by atoms with Crippen LogP contribution in [0.4, 0.5) is 0 Å². The summed E-state index contributed by atoms with van der Waals surface area (Å²) in [5.74, 6) is -0.342. The molecular formula is C12H14O2S. The van der Waals surface area contributed by atoms with E-state index in [9.17, 15) is 4.79 Å². The number of carbonyl (C=O) groups excluding carboxylic acids is 1. The topological polar surface area (TPSA) is 26.3 Å². The molecule has 80 valence electrons. The van der Waals surface area contributed by atoms with Gasteiger partial charge in [-0.3, -0.25) is 0 Å². The smallest absolute Gasteiger partial charge is 0.334 e. The maximum absolute atomic E-state index is 11.2. The Balaban J connectivity index is 2.60. The van der Waals surface area contributed by atoms with Gasteiger partial charge in [-0.2, -0.15) is 0 Å². The molecule has 0 aromatic heterocycles. The van der Waals surface area contributed by atoms with Crippen LogP contribution in [0.2, 0.25) is 0 Å². The van der Waals surface area contributed by atoms with E-state index in [1.807, 2.05) is 37.3 Å². The van der Waals surface area contributed by atoms with Crippen LogP contribution in [0.1, 0.15) is 6.92 Å². The van der Waals surface area contributed by atoms with Crippen LogP contribution >= 0.6 is 11.8 Å². The van der Waals surface area contributed by atoms with E-state index in [4.69, 9.17) is 0 Å². The van der Waals surface area contributed by atoms with Gasteiger partial charge in [0.05, 0.1) is 7.11 Å². The van der Waals surface area contributed by atoms with Gasteiger partial charge in [0.1, 0.15) is 0 Å². The quantitative estimate of drug-likeness (QED) is 0.445. The first-order chi connectivity index (χ1) is 7.15. The van der Waals surface area contributed by atoms with Crippen LogP contribution in [0.15, 0.2) is 47.4 Å². The van der Waals surface area contributed by atoms with Crippen LogP contribution in [0.3, 0.4) is 0 Å². The summed E-state index contributed by atoms with van der Waals surface area (Å²) in [6.45, 7) is 5.67. The van der Waals surface area contributed by atoms with Crippen LogP contribution in [-0.2, 0) is 9.53 Å². The fraction of sp³-hybridized carbons (Fsp3) is 0.250. The average molecular weight is 222 g/mol. The number of methoxy groups -OCH3 is 1. The highest BCUT2D eigenvalue weighted by Gasteiger charge is 2.15. The van der Waals surface area contributed by atoms with Crippen LogP contribution < -0.4 is 0 Å². The summed E-state index contributed by atoms with van der Waals surface area (Å²) < 4.78 is 4.62. The lowest BCUT2D eigenvalue weighted by molar-refractivity contribution is -0.136. The van der Waals surface area contributed by atoms with Crippen molar-refractivity contribution >= 4 is 17.7 Å². The van der Waals surface area contributed by atoms with Crippen molar-refractivity contribution in [2.24, 2.45) is 0 Å². The normalized spacial score (nSPS) is 11.9. The minimum Gasteiger partial charge on any atom is -0.466 e. The summed E-state index contributed by atoms with van der Waals surface area (Å²) in [6.07, 6.45) is 0. The molecule has 0 amide bonds. The molecule has 0 fully saturated rings. The van der Waals surface area contributed by atoms with Gasteiger partial charge in [0.25, 0.3) is 0 Å². The largest absolute Gasteiger partial charge is 0.466 e. The van der Waals surface area contributed by atoms with Crippen molar-refractivity contribution in [1.82, 2.24) is 0 Å². The van der Waals surface area contributed by atoms with E-state index in [1.165, 1.54) is 7.11 Å². The molecule has 0 spiro atoms. The number of ether oxygens (including phenoxy) is 1. The number of rotatable bonds is 4. The predicted octanol–water partition coefficient (Wildman–Crippen LogP) is 2.90. The van der Waals surface area contributed by atoms with Crippen molar-refractivity contribution in [2.45, 2.75) is 17.1 Å². The van der Waals surface area contributed by atoms with E-state index in [1.54, 1.807) is 11.8 Å². The van der Waals surface area contributed by atoms with Gasteiger partial charge in [0, 0.05) is 15.7 Å². The number of benzene rings is 1. The molecule has 1 aromatic rings. The zero-order valence-corrected chi connectivity index (χ0v) is 9.71. The SMILES string of the molecule is C=C(C(=O)OC)C(C)Sc1ccccc1. The summed E-state index contributed by atoms with van der Waals surface area (Å²) >= 11 is 1.59. The lowest BCUT2D eigenvalue weighted by Crippen LogP contribution is -2.12. The van der Waals surface area contributed by atoms with Gasteiger partial charge in [-0.15, -0.1) is 11.8 Å². The molecule has 1 unspecified atom stereocenters. The summed E-state index contributed by atoms with van der Waals surface area (Å²) in [7, 11) is 1.37. The Bertz CT molecular complexity index is 346. The lowest BCUT2D eigenvalue weighted by atomic mass is 10.2. The second-order valence-corrected chi connectivity index (χ2v) is 4.50. The highest BCUT2D eigenvalue weighted by atomic mass is 32.2. The minimum atomic E-state index is -0.342. The molecule has 0 saturated heterocycles. The average Bonchev–Trinajstić information content (AvgIpc) is 2.28. The molecule has 1 aromatic carbocycles. The molecule has 3 heteroatoms. The van der Waals surface area contributed by atoms with Gasteiger partial charge in [0.2, 0.25) is 0 Å². The number of thioether (sulfide) groups is 1. The molecule has 0 radical (unpaired) electrons. The zero-order chi connectivity index (χ0) is 11.3. The summed E-state index contributed by atoms with van der Waals surface area (Å²) in [5, 5.41) is 0.0276. The van der Waals surface area contributed by atoms with Crippen molar-refractivity contribution < 1.29 is 9.53 Å². The number of hydrogen-bond donors (Lipinski definition) is 0. The van der Waals surface area contributed by atoms with E-state index in [2.05, 4.69) is 11.3 Å². The molecule has 0 aliphatic carbocycles. The van der Waals surface area contributed by atoms with E-state index < -0.39 is 0 Å². The first-order valence-corrected chi connectivity index (χ1v) is 5.52. The fourth-order valence-electron chi connectivity index (χ4n) is 1.07. The maximum Gasteiger partial charge on any atom is 0.334 e. The van der Waals surface area contributed by atoms with E-state index in [0.29, 0.717) is 5.57 Å². The third kappa shape index (κ3) is 3.44. The van der Waals surface area contributed by atoms with Gasteiger partial charge >= 0.3 is 5.97 Å². The first kappa shape index (κ1) is 11.9. The third-order valence-electron chi connectivity index (χ3n) is 1.99. The van der Waals surface area contributed by atoms with Crippen LogP contribution in [0.5, 0.6) is 0 Å². The van der Waals surface area contributed by atoms with Crippen molar-refractivity contribution in [3.63, 3.8) is 0 Å². The standard InChI is InChI=1S/C12H14O2S/c1-9(12(13)14-3)10(2)15-11-7-5-4-6-8-11/h4-8,10H,1H2,2-3H3. The Kier molecular flexibility index (Phi) is 4.43. The van der Waals surface area contributed by atoms with E-state index in [-0.39, 0.29) is 11.2 Å². The van der Waals surface area contributed by atoms with Gasteiger partial charge < -0.3 is 4.74 Å². The van der Waals surface area contributed by atoms with Gasteiger partial charge in [-0.1, -0.05) is 24.8 Å². The molecule has 1 atom stereocenters. The van der Waals surface area contributed by atoms with Crippen molar-refractivity contribution in [1.29, 1.82) is 0 Å². The molecule has 0 N–H and O–H groups in total. The molecule has 15 heavy (non-hydrogen) atoms. The summed E-state index contributed by atoms with van der Waals surface area (Å²) in [5.41, 5.74) is 0.492. The van der Waals surface area contributed by atoms with Crippen molar-refractivity contribution in [2.75, 3.05) is 7.11 Å². The second-order valence-electron chi connectivity index (χ2n) is 3.09. The summed E-state index contributed by atoms with van der Waals surface area (Å²) in [4.78, 5) is 12.3. The molecule has 0 aliphatic heterocycles. The molecule has 2 nitrogen and oxygen atoms in total. The molecule has 0 saturated carbocycles. The Labute approximate surface area is 94.3 Å². The Morgan fingerprint density at radius 2 is 2.00 bits per heavy atom. The first-order valence-electron chi connectivity index (χ1n) is 4.64. The van der Waals surface area contributed by atoms with Gasteiger partial charge in [0.15, 0.2) is 0 Å². The number of carbonyl (C=O) groups is 1. The highest BCUT2D eigenvalue weighted by molar-refractivity contribution is 8.00. The minimum absolute atomic E-state index is 0.0276. The zero-order valence-electron chi connectivity index (χ0n) is 8.90. The van der Waals surface area contributed by atoms with Crippen LogP contribution in [0.25, 0.3) is 0 Å². The molecule has 0 aliphatic rings.